The first-order valence-electron chi connectivity index (χ1n) is 5.08. The standard InChI is InChI=1S/C11H16ClN/c1-8(2)11-10(12)7-9-5-3-4-6-13(9)11/h7-8H,3-6H2,1-2H3. The lowest BCUT2D eigenvalue weighted by Crippen LogP contribution is -2.13. The van der Waals surface area contributed by atoms with Crippen LogP contribution in [0.3, 0.4) is 0 Å². The highest BCUT2D eigenvalue weighted by Crippen LogP contribution is 2.31. The summed E-state index contributed by atoms with van der Waals surface area (Å²) in [7, 11) is 0. The van der Waals surface area contributed by atoms with Crippen LogP contribution in [0.25, 0.3) is 0 Å². The van der Waals surface area contributed by atoms with Crippen molar-refractivity contribution in [3.05, 3.63) is 22.5 Å². The topological polar surface area (TPSA) is 4.93 Å². The van der Waals surface area contributed by atoms with E-state index in [1.165, 1.54) is 30.7 Å². The van der Waals surface area contributed by atoms with Crippen LogP contribution >= 0.6 is 11.6 Å². The van der Waals surface area contributed by atoms with Crippen LogP contribution in [0.1, 0.15) is 44.0 Å². The Morgan fingerprint density at radius 1 is 1.38 bits per heavy atom. The van der Waals surface area contributed by atoms with E-state index in [0.29, 0.717) is 5.92 Å². The molecule has 0 radical (unpaired) electrons. The van der Waals surface area contributed by atoms with E-state index in [2.05, 4.69) is 24.5 Å². The summed E-state index contributed by atoms with van der Waals surface area (Å²) in [5.41, 5.74) is 2.76. The lowest BCUT2D eigenvalue weighted by atomic mass is 10.1. The van der Waals surface area contributed by atoms with Gasteiger partial charge >= 0.3 is 0 Å². The number of halogens is 1. The molecule has 1 aromatic heterocycles. The zero-order valence-electron chi connectivity index (χ0n) is 8.31. The van der Waals surface area contributed by atoms with Gasteiger partial charge in [-0.15, -0.1) is 0 Å². The van der Waals surface area contributed by atoms with Gasteiger partial charge < -0.3 is 4.57 Å². The summed E-state index contributed by atoms with van der Waals surface area (Å²) in [6, 6.07) is 2.15. The minimum absolute atomic E-state index is 0.541. The maximum atomic E-state index is 6.21. The minimum atomic E-state index is 0.541. The van der Waals surface area contributed by atoms with Crippen molar-refractivity contribution < 1.29 is 0 Å². The Kier molecular flexibility index (Phi) is 2.37. The molecule has 1 aromatic rings. The molecule has 0 unspecified atom stereocenters. The number of aromatic nitrogens is 1. The predicted octanol–water partition coefficient (Wildman–Crippen LogP) is 3.60. The Morgan fingerprint density at radius 2 is 2.15 bits per heavy atom. The van der Waals surface area contributed by atoms with E-state index < -0.39 is 0 Å². The van der Waals surface area contributed by atoms with Crippen molar-refractivity contribution >= 4 is 11.6 Å². The molecule has 0 saturated carbocycles. The highest BCUT2D eigenvalue weighted by Gasteiger charge is 2.18. The summed E-state index contributed by atoms with van der Waals surface area (Å²) >= 11 is 6.21. The van der Waals surface area contributed by atoms with Gasteiger partial charge in [-0.2, -0.15) is 0 Å². The molecule has 1 aliphatic heterocycles. The molecule has 72 valence electrons. The fourth-order valence-electron chi connectivity index (χ4n) is 2.22. The summed E-state index contributed by atoms with van der Waals surface area (Å²) in [5.74, 6) is 0.541. The zero-order chi connectivity index (χ0) is 9.42. The minimum Gasteiger partial charge on any atom is -0.347 e. The highest BCUT2D eigenvalue weighted by molar-refractivity contribution is 6.31. The monoisotopic (exact) mass is 197 g/mol. The highest BCUT2D eigenvalue weighted by atomic mass is 35.5. The van der Waals surface area contributed by atoms with Crippen molar-refractivity contribution in [2.24, 2.45) is 0 Å². The molecule has 13 heavy (non-hydrogen) atoms. The maximum Gasteiger partial charge on any atom is 0.0620 e. The molecule has 1 nitrogen and oxygen atoms in total. The molecule has 0 bridgehead atoms. The smallest absolute Gasteiger partial charge is 0.0620 e. The van der Waals surface area contributed by atoms with E-state index >= 15 is 0 Å². The van der Waals surface area contributed by atoms with Crippen LogP contribution in [0.2, 0.25) is 5.02 Å². The number of hydrogen-bond acceptors (Lipinski definition) is 0. The van der Waals surface area contributed by atoms with Crippen molar-refractivity contribution in [2.75, 3.05) is 0 Å². The van der Waals surface area contributed by atoms with Gasteiger partial charge in [0.2, 0.25) is 0 Å². The number of hydrogen-bond donors (Lipinski definition) is 0. The Balaban J connectivity index is 2.48. The number of fused-ring (bicyclic) bond motifs is 1. The third kappa shape index (κ3) is 1.50. The van der Waals surface area contributed by atoms with Gasteiger partial charge in [0.1, 0.15) is 0 Å². The van der Waals surface area contributed by atoms with Crippen LogP contribution in [0.15, 0.2) is 6.07 Å². The average Bonchev–Trinajstić information content (AvgIpc) is 2.39. The quantitative estimate of drug-likeness (QED) is 0.649. The number of aryl methyl sites for hydroxylation is 1. The Bertz CT molecular complexity index is 312. The summed E-state index contributed by atoms with van der Waals surface area (Å²) in [5, 5.41) is 0.965. The van der Waals surface area contributed by atoms with Crippen molar-refractivity contribution in [2.45, 2.75) is 45.6 Å². The normalized spacial score (nSPS) is 16.3. The molecule has 0 amide bonds. The molecule has 0 aromatic carbocycles. The van der Waals surface area contributed by atoms with E-state index in [0.717, 1.165) is 11.6 Å². The molecule has 0 saturated heterocycles. The molecule has 2 rings (SSSR count). The van der Waals surface area contributed by atoms with Crippen molar-refractivity contribution in [3.63, 3.8) is 0 Å². The molecule has 0 fully saturated rings. The summed E-state index contributed by atoms with van der Waals surface area (Å²) < 4.78 is 2.41. The second-order valence-corrected chi connectivity index (χ2v) is 4.54. The SMILES string of the molecule is CC(C)c1c(Cl)cc2n1CCCC2. The van der Waals surface area contributed by atoms with Crippen molar-refractivity contribution in [3.8, 4) is 0 Å². The summed E-state index contributed by atoms with van der Waals surface area (Å²) in [6.45, 7) is 5.59. The van der Waals surface area contributed by atoms with Crippen molar-refractivity contribution in [1.82, 2.24) is 4.57 Å². The molecular weight excluding hydrogens is 182 g/mol. The molecule has 0 aliphatic carbocycles. The first-order valence-corrected chi connectivity index (χ1v) is 5.45. The van der Waals surface area contributed by atoms with Gasteiger partial charge in [-0.05, 0) is 31.2 Å². The predicted molar refractivity (Wildman–Crippen MR) is 56.5 cm³/mol. The third-order valence-corrected chi connectivity index (χ3v) is 3.09. The van der Waals surface area contributed by atoms with E-state index in [-0.39, 0.29) is 0 Å². The number of nitrogens with zero attached hydrogens (tertiary/aromatic N) is 1. The van der Waals surface area contributed by atoms with Gasteiger partial charge in [-0.25, -0.2) is 0 Å². The maximum absolute atomic E-state index is 6.21. The first kappa shape index (κ1) is 9.14. The molecule has 0 atom stereocenters. The van der Waals surface area contributed by atoms with Gasteiger partial charge in [-0.1, -0.05) is 25.4 Å². The van der Waals surface area contributed by atoms with Gasteiger partial charge in [0.05, 0.1) is 5.02 Å². The molecule has 2 heteroatoms. The Labute approximate surface area is 84.7 Å². The van der Waals surface area contributed by atoms with Gasteiger partial charge in [0.15, 0.2) is 0 Å². The third-order valence-electron chi connectivity index (χ3n) is 2.79. The second-order valence-electron chi connectivity index (χ2n) is 4.13. The van der Waals surface area contributed by atoms with E-state index in [9.17, 15) is 0 Å². The van der Waals surface area contributed by atoms with Crippen molar-refractivity contribution in [1.29, 1.82) is 0 Å². The lowest BCUT2D eigenvalue weighted by Gasteiger charge is -2.19. The zero-order valence-corrected chi connectivity index (χ0v) is 9.06. The van der Waals surface area contributed by atoms with Crippen LogP contribution in [-0.4, -0.2) is 4.57 Å². The lowest BCUT2D eigenvalue weighted by molar-refractivity contribution is 0.509. The van der Waals surface area contributed by atoms with Gasteiger partial charge in [0.25, 0.3) is 0 Å². The Hall–Kier alpha value is -0.430. The Morgan fingerprint density at radius 3 is 2.85 bits per heavy atom. The molecule has 2 heterocycles. The van der Waals surface area contributed by atoms with Gasteiger partial charge in [-0.3, -0.25) is 0 Å². The largest absolute Gasteiger partial charge is 0.347 e. The van der Waals surface area contributed by atoms with E-state index in [4.69, 9.17) is 11.6 Å². The summed E-state index contributed by atoms with van der Waals surface area (Å²) in [4.78, 5) is 0. The summed E-state index contributed by atoms with van der Waals surface area (Å²) in [6.07, 6.45) is 3.82. The molecule has 1 aliphatic rings. The molecule has 0 N–H and O–H groups in total. The number of rotatable bonds is 1. The molecule has 0 spiro atoms. The van der Waals surface area contributed by atoms with Crippen LogP contribution in [0.5, 0.6) is 0 Å². The van der Waals surface area contributed by atoms with Crippen LogP contribution < -0.4 is 0 Å². The fraction of sp³-hybridized carbons (Fsp3) is 0.636. The second kappa shape index (κ2) is 3.38. The van der Waals surface area contributed by atoms with Crippen LogP contribution in [0, 0.1) is 0 Å². The van der Waals surface area contributed by atoms with Crippen LogP contribution in [0.4, 0.5) is 0 Å². The average molecular weight is 198 g/mol. The van der Waals surface area contributed by atoms with E-state index in [1.807, 2.05) is 0 Å². The molecular formula is C11H16ClN. The van der Waals surface area contributed by atoms with Gasteiger partial charge in [0, 0.05) is 17.9 Å². The van der Waals surface area contributed by atoms with E-state index in [1.54, 1.807) is 0 Å². The fourth-order valence-corrected chi connectivity index (χ4v) is 2.66. The first-order chi connectivity index (χ1) is 6.20. The van der Waals surface area contributed by atoms with Crippen LogP contribution in [-0.2, 0) is 13.0 Å².